The number of nitrogens with zero attached hydrogens (tertiary/aromatic N) is 5. The lowest BCUT2D eigenvalue weighted by Gasteiger charge is -2.31. The quantitative estimate of drug-likeness (QED) is 0.672. The van der Waals surface area contributed by atoms with Crippen molar-refractivity contribution in [3.8, 4) is 11.5 Å². The fourth-order valence-corrected chi connectivity index (χ4v) is 4.42. The van der Waals surface area contributed by atoms with Gasteiger partial charge in [-0.1, -0.05) is 0 Å². The molecule has 8 heteroatoms. The van der Waals surface area contributed by atoms with Gasteiger partial charge in [-0.3, -0.25) is 0 Å². The lowest BCUT2D eigenvalue weighted by Crippen LogP contribution is -2.31. The van der Waals surface area contributed by atoms with Crippen LogP contribution in [0.5, 0.6) is 11.5 Å². The fraction of sp³-hybridized carbons (Fsp3) is 0.476. The van der Waals surface area contributed by atoms with Crippen molar-refractivity contribution in [2.45, 2.75) is 32.2 Å². The highest BCUT2D eigenvalue weighted by atomic mass is 16.5. The Morgan fingerprint density at radius 1 is 1.14 bits per heavy atom. The molecule has 3 aromatic rings. The van der Waals surface area contributed by atoms with Gasteiger partial charge in [-0.05, 0) is 43.0 Å². The molecule has 2 aromatic heterocycles. The maximum absolute atomic E-state index is 5.62. The van der Waals surface area contributed by atoms with Crippen LogP contribution in [0.1, 0.15) is 35.0 Å². The van der Waals surface area contributed by atoms with Crippen LogP contribution in [0.25, 0.3) is 5.52 Å². The number of anilines is 1. The van der Waals surface area contributed by atoms with E-state index in [0.717, 1.165) is 66.9 Å². The molecule has 152 valence electrons. The third kappa shape index (κ3) is 2.98. The minimum atomic E-state index is 0.296. The first-order valence-electron chi connectivity index (χ1n) is 9.96. The summed E-state index contributed by atoms with van der Waals surface area (Å²) in [5.74, 6) is 3.64. The van der Waals surface area contributed by atoms with Crippen LogP contribution in [0, 0.1) is 6.92 Å². The Balaban J connectivity index is 1.57. The van der Waals surface area contributed by atoms with Crippen molar-refractivity contribution in [1.82, 2.24) is 19.6 Å². The second-order valence-corrected chi connectivity index (χ2v) is 7.60. The van der Waals surface area contributed by atoms with Gasteiger partial charge < -0.3 is 19.1 Å². The predicted octanol–water partition coefficient (Wildman–Crippen LogP) is 2.52. The van der Waals surface area contributed by atoms with Crippen molar-refractivity contribution in [3.05, 3.63) is 41.1 Å². The minimum Gasteiger partial charge on any atom is -0.493 e. The molecule has 2 aliphatic rings. The molecule has 1 atom stereocenters. The highest BCUT2D eigenvalue weighted by Crippen LogP contribution is 2.37. The smallest absolute Gasteiger partial charge is 0.161 e. The normalized spacial score (nSPS) is 18.9. The number of imidazole rings is 1. The fourth-order valence-electron chi connectivity index (χ4n) is 4.42. The Morgan fingerprint density at radius 3 is 2.66 bits per heavy atom. The van der Waals surface area contributed by atoms with E-state index in [1.165, 1.54) is 11.1 Å². The summed E-state index contributed by atoms with van der Waals surface area (Å²) in [5, 5.41) is 4.46. The van der Waals surface area contributed by atoms with E-state index in [2.05, 4.69) is 27.1 Å². The van der Waals surface area contributed by atoms with Crippen molar-refractivity contribution in [3.63, 3.8) is 0 Å². The summed E-state index contributed by atoms with van der Waals surface area (Å²) in [6.45, 7) is 5.11. The van der Waals surface area contributed by atoms with Crippen molar-refractivity contribution < 1.29 is 14.2 Å². The summed E-state index contributed by atoms with van der Waals surface area (Å²) in [6.07, 6.45) is 3.52. The summed E-state index contributed by atoms with van der Waals surface area (Å²) in [7, 11) is 3.34. The Morgan fingerprint density at radius 2 is 1.93 bits per heavy atom. The van der Waals surface area contributed by atoms with Crippen LogP contribution in [0.2, 0.25) is 0 Å². The molecular formula is C21H25N5O3. The molecular weight excluding hydrogens is 370 g/mol. The van der Waals surface area contributed by atoms with Gasteiger partial charge in [0.05, 0.1) is 26.5 Å². The van der Waals surface area contributed by atoms with Crippen molar-refractivity contribution in [2.75, 3.05) is 38.9 Å². The molecule has 0 unspecified atom stereocenters. The van der Waals surface area contributed by atoms with Crippen LogP contribution in [-0.4, -0.2) is 53.6 Å². The van der Waals surface area contributed by atoms with E-state index >= 15 is 0 Å². The number of fused-ring (bicyclic) bond motifs is 2. The molecule has 0 radical (unpaired) electrons. The Kier molecular flexibility index (Phi) is 4.50. The number of ether oxygens (including phenoxy) is 3. The van der Waals surface area contributed by atoms with E-state index in [0.29, 0.717) is 12.5 Å². The summed E-state index contributed by atoms with van der Waals surface area (Å²) >= 11 is 0. The van der Waals surface area contributed by atoms with Gasteiger partial charge in [0.15, 0.2) is 17.3 Å². The molecule has 1 fully saturated rings. The third-order valence-electron chi connectivity index (χ3n) is 5.94. The van der Waals surface area contributed by atoms with Crippen molar-refractivity contribution in [1.29, 1.82) is 0 Å². The number of methoxy groups -OCH3 is 2. The highest BCUT2D eigenvalue weighted by molar-refractivity contribution is 5.73. The van der Waals surface area contributed by atoms with Gasteiger partial charge in [-0.15, -0.1) is 0 Å². The second-order valence-electron chi connectivity index (χ2n) is 7.60. The van der Waals surface area contributed by atoms with Gasteiger partial charge in [-0.25, -0.2) is 14.5 Å². The number of rotatable bonds is 4. The third-order valence-corrected chi connectivity index (χ3v) is 5.94. The molecule has 0 bridgehead atoms. The van der Waals surface area contributed by atoms with E-state index < -0.39 is 0 Å². The number of aromatic nitrogens is 4. The van der Waals surface area contributed by atoms with Crippen molar-refractivity contribution >= 4 is 11.3 Å². The Bertz CT molecular complexity index is 1060. The highest BCUT2D eigenvalue weighted by Gasteiger charge is 2.29. The Labute approximate surface area is 169 Å². The summed E-state index contributed by atoms with van der Waals surface area (Å²) in [5.41, 5.74) is 4.57. The lowest BCUT2D eigenvalue weighted by molar-refractivity contribution is 0.193. The molecule has 1 saturated heterocycles. The van der Waals surface area contributed by atoms with Crippen LogP contribution >= 0.6 is 0 Å². The van der Waals surface area contributed by atoms with Gasteiger partial charge in [0, 0.05) is 25.6 Å². The number of hydrogen-bond acceptors (Lipinski definition) is 7. The monoisotopic (exact) mass is 395 g/mol. The molecule has 0 saturated carbocycles. The van der Waals surface area contributed by atoms with Gasteiger partial charge in [0.2, 0.25) is 0 Å². The molecule has 0 N–H and O–H groups in total. The maximum atomic E-state index is 5.62. The van der Waals surface area contributed by atoms with Gasteiger partial charge >= 0.3 is 0 Å². The minimum absolute atomic E-state index is 0.296. The first kappa shape index (κ1) is 18.2. The lowest BCUT2D eigenvalue weighted by atomic mass is 9.98. The molecule has 4 heterocycles. The molecule has 0 aliphatic carbocycles. The molecule has 8 nitrogen and oxygen atoms in total. The summed E-state index contributed by atoms with van der Waals surface area (Å²) in [6, 6.07) is 4.16. The summed E-state index contributed by atoms with van der Waals surface area (Å²) in [4.78, 5) is 11.8. The number of aryl methyl sites for hydroxylation is 1. The Hall–Kier alpha value is -2.87. The van der Waals surface area contributed by atoms with Crippen LogP contribution in [0.3, 0.4) is 0 Å². The molecule has 0 spiro atoms. The first-order valence-corrected chi connectivity index (χ1v) is 9.96. The van der Waals surface area contributed by atoms with Crippen LogP contribution in [0.4, 0.5) is 5.82 Å². The topological polar surface area (TPSA) is 74.0 Å². The van der Waals surface area contributed by atoms with Crippen LogP contribution in [-0.2, 0) is 17.7 Å². The van der Waals surface area contributed by atoms with Crippen LogP contribution in [0.15, 0.2) is 18.5 Å². The maximum Gasteiger partial charge on any atom is 0.161 e. The van der Waals surface area contributed by atoms with E-state index in [1.54, 1.807) is 20.5 Å². The second kappa shape index (κ2) is 7.18. The van der Waals surface area contributed by atoms with Crippen LogP contribution < -0.4 is 14.4 Å². The molecule has 5 rings (SSSR count). The van der Waals surface area contributed by atoms with E-state index in [9.17, 15) is 0 Å². The zero-order valence-corrected chi connectivity index (χ0v) is 17.0. The average molecular weight is 395 g/mol. The summed E-state index contributed by atoms with van der Waals surface area (Å²) < 4.78 is 18.5. The largest absolute Gasteiger partial charge is 0.493 e. The molecule has 1 aromatic carbocycles. The molecule has 2 aliphatic heterocycles. The van der Waals surface area contributed by atoms with Gasteiger partial charge in [0.25, 0.3) is 0 Å². The number of benzene rings is 1. The standard InChI is InChI=1S/C21H25N5O3/c1-13-24-19(15-5-7-29-11-15)20-21(22-12-23-26(13)20)25-6-4-14-8-17(27-2)18(28-3)9-16(14)10-25/h8-9,12,15H,4-7,10-11H2,1-3H3/t15-/m1/s1. The predicted molar refractivity (Wildman–Crippen MR) is 108 cm³/mol. The van der Waals surface area contributed by atoms with Gasteiger partial charge in [-0.2, -0.15) is 5.10 Å². The van der Waals surface area contributed by atoms with E-state index in [-0.39, 0.29) is 0 Å². The SMILES string of the molecule is COc1cc2c(cc1OC)CN(c1ncnn3c(C)nc([C@@H]4CCOC4)c13)CC2. The van der Waals surface area contributed by atoms with Crippen molar-refractivity contribution in [2.24, 2.45) is 0 Å². The molecule has 0 amide bonds. The van der Waals surface area contributed by atoms with E-state index in [4.69, 9.17) is 19.2 Å². The van der Waals surface area contributed by atoms with E-state index in [1.807, 2.05) is 11.4 Å². The number of hydrogen-bond donors (Lipinski definition) is 0. The average Bonchev–Trinajstić information content (AvgIpc) is 3.40. The van der Waals surface area contributed by atoms with Gasteiger partial charge in [0.1, 0.15) is 17.7 Å². The zero-order chi connectivity index (χ0) is 20.0. The first-order chi connectivity index (χ1) is 14.2. The zero-order valence-electron chi connectivity index (χ0n) is 17.0. The molecule has 29 heavy (non-hydrogen) atoms.